The molecule has 2 aromatic rings. The Labute approximate surface area is 149 Å². The van der Waals surface area contributed by atoms with Crippen LogP contribution in [0.3, 0.4) is 0 Å². The third-order valence-electron chi connectivity index (χ3n) is 4.14. The van der Waals surface area contributed by atoms with Crippen LogP contribution in [0.15, 0.2) is 48.2 Å². The Morgan fingerprint density at radius 1 is 1.08 bits per heavy atom. The maximum Gasteiger partial charge on any atom is 0.278 e. The number of carbonyl (C=O) groups is 2. The van der Waals surface area contributed by atoms with Crippen LogP contribution in [0.2, 0.25) is 5.02 Å². The van der Waals surface area contributed by atoms with E-state index in [1.807, 2.05) is 6.92 Å². The number of nitrogens with one attached hydrogen (secondary N) is 1. The molecule has 0 radical (unpaired) electrons. The topological polar surface area (TPSA) is 49.4 Å². The van der Waals surface area contributed by atoms with E-state index in [2.05, 4.69) is 5.32 Å². The van der Waals surface area contributed by atoms with Gasteiger partial charge in [-0.25, -0.2) is 4.39 Å². The average Bonchev–Trinajstić information content (AvgIpc) is 2.83. The molecule has 0 bridgehead atoms. The molecule has 1 N–H and O–H groups in total. The predicted octanol–water partition coefficient (Wildman–Crippen LogP) is 4.00. The summed E-state index contributed by atoms with van der Waals surface area (Å²) in [4.78, 5) is 26.5. The van der Waals surface area contributed by atoms with Crippen LogP contribution in [-0.2, 0) is 9.59 Å². The molecule has 0 fully saturated rings. The highest BCUT2D eigenvalue weighted by Gasteiger charge is 2.38. The summed E-state index contributed by atoms with van der Waals surface area (Å²) in [5.41, 5.74) is 2.29. The SMILES string of the molecule is CCN1C(=O)C(Nc2cccc(Cl)c2C)=C(c2ccc(F)cc2)C1=O. The van der Waals surface area contributed by atoms with Crippen molar-refractivity contribution in [1.29, 1.82) is 0 Å². The number of imide groups is 1. The van der Waals surface area contributed by atoms with E-state index in [1.165, 1.54) is 24.3 Å². The first-order valence-corrected chi connectivity index (χ1v) is 8.20. The maximum absolute atomic E-state index is 13.2. The zero-order valence-corrected chi connectivity index (χ0v) is 14.5. The Kier molecular flexibility index (Phi) is 4.59. The van der Waals surface area contributed by atoms with Crippen LogP contribution in [0.25, 0.3) is 5.57 Å². The number of carbonyl (C=O) groups excluding carboxylic acids is 2. The third-order valence-corrected chi connectivity index (χ3v) is 4.55. The van der Waals surface area contributed by atoms with Gasteiger partial charge >= 0.3 is 0 Å². The molecule has 0 aromatic heterocycles. The summed E-state index contributed by atoms with van der Waals surface area (Å²) in [6.45, 7) is 3.80. The van der Waals surface area contributed by atoms with Crippen molar-refractivity contribution in [2.75, 3.05) is 11.9 Å². The Bertz CT molecular complexity index is 891. The van der Waals surface area contributed by atoms with Crippen molar-refractivity contribution in [3.63, 3.8) is 0 Å². The Balaban J connectivity index is 2.12. The molecule has 1 heterocycles. The monoisotopic (exact) mass is 358 g/mol. The quantitative estimate of drug-likeness (QED) is 0.840. The number of nitrogens with zero attached hydrogens (tertiary/aromatic N) is 1. The number of likely N-dealkylation sites (N-methyl/N-ethyl adjacent to an activating group) is 1. The number of halogens is 2. The minimum Gasteiger partial charge on any atom is -0.350 e. The van der Waals surface area contributed by atoms with Gasteiger partial charge in [0.15, 0.2) is 0 Å². The van der Waals surface area contributed by atoms with Gasteiger partial charge in [0.2, 0.25) is 0 Å². The molecule has 6 heteroatoms. The van der Waals surface area contributed by atoms with E-state index in [0.29, 0.717) is 16.3 Å². The van der Waals surface area contributed by atoms with E-state index < -0.39 is 17.6 Å². The lowest BCUT2D eigenvalue weighted by Crippen LogP contribution is -2.32. The van der Waals surface area contributed by atoms with E-state index in [4.69, 9.17) is 11.6 Å². The van der Waals surface area contributed by atoms with E-state index in [9.17, 15) is 14.0 Å². The van der Waals surface area contributed by atoms with Crippen molar-refractivity contribution >= 4 is 34.7 Å². The van der Waals surface area contributed by atoms with Crippen molar-refractivity contribution < 1.29 is 14.0 Å². The molecule has 0 saturated heterocycles. The molecule has 128 valence electrons. The number of hydrogen-bond acceptors (Lipinski definition) is 3. The zero-order chi connectivity index (χ0) is 18.1. The number of benzene rings is 2. The summed E-state index contributed by atoms with van der Waals surface area (Å²) in [5, 5.41) is 3.60. The van der Waals surface area contributed by atoms with Crippen LogP contribution in [0, 0.1) is 12.7 Å². The molecule has 2 aromatic carbocycles. The molecule has 1 aliphatic heterocycles. The number of amides is 2. The summed E-state index contributed by atoms with van der Waals surface area (Å²) in [6.07, 6.45) is 0. The van der Waals surface area contributed by atoms with Gasteiger partial charge in [0.1, 0.15) is 11.5 Å². The van der Waals surface area contributed by atoms with Gasteiger partial charge < -0.3 is 5.32 Å². The molecule has 0 saturated carbocycles. The van der Waals surface area contributed by atoms with Gasteiger partial charge in [-0.05, 0) is 49.2 Å². The average molecular weight is 359 g/mol. The van der Waals surface area contributed by atoms with E-state index in [-0.39, 0.29) is 17.8 Å². The molecule has 0 aliphatic carbocycles. The second-order valence-electron chi connectivity index (χ2n) is 5.65. The van der Waals surface area contributed by atoms with E-state index >= 15 is 0 Å². The second kappa shape index (κ2) is 6.69. The van der Waals surface area contributed by atoms with Crippen LogP contribution in [-0.4, -0.2) is 23.3 Å². The summed E-state index contributed by atoms with van der Waals surface area (Å²) < 4.78 is 13.2. The predicted molar refractivity (Wildman–Crippen MR) is 95.5 cm³/mol. The second-order valence-corrected chi connectivity index (χ2v) is 6.06. The minimum atomic E-state index is -0.411. The minimum absolute atomic E-state index is 0.170. The molecule has 3 rings (SSSR count). The highest BCUT2D eigenvalue weighted by Crippen LogP contribution is 2.32. The summed E-state index contributed by atoms with van der Waals surface area (Å²) in [6, 6.07) is 10.8. The van der Waals surface area contributed by atoms with Crippen molar-refractivity contribution in [3.8, 4) is 0 Å². The molecular weight excluding hydrogens is 343 g/mol. The Hall–Kier alpha value is -2.66. The summed E-state index contributed by atoms with van der Waals surface area (Å²) in [5.74, 6) is -1.22. The lowest BCUT2D eigenvalue weighted by atomic mass is 10.0. The van der Waals surface area contributed by atoms with Gasteiger partial charge in [-0.2, -0.15) is 0 Å². The number of anilines is 1. The van der Waals surface area contributed by atoms with Gasteiger partial charge in [0, 0.05) is 17.3 Å². The molecule has 2 amide bonds. The highest BCUT2D eigenvalue weighted by atomic mass is 35.5. The van der Waals surface area contributed by atoms with Crippen LogP contribution < -0.4 is 5.32 Å². The lowest BCUT2D eigenvalue weighted by Gasteiger charge is -2.13. The fraction of sp³-hybridized carbons (Fsp3) is 0.158. The highest BCUT2D eigenvalue weighted by molar-refractivity contribution is 6.36. The first-order chi connectivity index (χ1) is 11.9. The zero-order valence-electron chi connectivity index (χ0n) is 13.8. The Morgan fingerprint density at radius 2 is 1.76 bits per heavy atom. The smallest absolute Gasteiger partial charge is 0.278 e. The van der Waals surface area contributed by atoms with Crippen molar-refractivity contribution in [3.05, 3.63) is 70.1 Å². The largest absolute Gasteiger partial charge is 0.350 e. The van der Waals surface area contributed by atoms with E-state index in [1.54, 1.807) is 25.1 Å². The van der Waals surface area contributed by atoms with Crippen LogP contribution >= 0.6 is 11.6 Å². The normalized spacial score (nSPS) is 14.5. The Morgan fingerprint density at radius 3 is 2.40 bits per heavy atom. The fourth-order valence-corrected chi connectivity index (χ4v) is 2.92. The van der Waals surface area contributed by atoms with Crippen molar-refractivity contribution in [2.24, 2.45) is 0 Å². The van der Waals surface area contributed by atoms with Crippen molar-refractivity contribution in [1.82, 2.24) is 4.90 Å². The van der Waals surface area contributed by atoms with E-state index in [0.717, 1.165) is 10.5 Å². The molecule has 0 spiro atoms. The first kappa shape index (κ1) is 17.2. The molecule has 25 heavy (non-hydrogen) atoms. The van der Waals surface area contributed by atoms with Gasteiger partial charge in [-0.15, -0.1) is 0 Å². The van der Waals surface area contributed by atoms with Crippen molar-refractivity contribution in [2.45, 2.75) is 13.8 Å². The van der Waals surface area contributed by atoms with Gasteiger partial charge in [0.05, 0.1) is 5.57 Å². The first-order valence-electron chi connectivity index (χ1n) is 7.82. The van der Waals surface area contributed by atoms with Crippen LogP contribution in [0.5, 0.6) is 0 Å². The molecule has 4 nitrogen and oxygen atoms in total. The standard InChI is InChI=1S/C19H16ClFN2O2/c1-3-23-18(24)16(12-7-9-13(21)10-8-12)17(19(23)25)22-15-6-4-5-14(20)11(15)2/h4-10,22H,3H2,1-2H3. The van der Waals surface area contributed by atoms with Crippen LogP contribution in [0.4, 0.5) is 10.1 Å². The molecule has 0 unspecified atom stereocenters. The van der Waals surface area contributed by atoms with Gasteiger partial charge in [-0.1, -0.05) is 29.8 Å². The lowest BCUT2D eigenvalue weighted by molar-refractivity contribution is -0.136. The third kappa shape index (κ3) is 3.03. The molecular formula is C19H16ClFN2O2. The maximum atomic E-state index is 13.2. The summed E-state index contributed by atoms with van der Waals surface area (Å²) in [7, 11) is 0. The van der Waals surface area contributed by atoms with Crippen LogP contribution in [0.1, 0.15) is 18.1 Å². The van der Waals surface area contributed by atoms with Gasteiger partial charge in [0.25, 0.3) is 11.8 Å². The fourth-order valence-electron chi connectivity index (χ4n) is 2.74. The number of hydrogen-bond donors (Lipinski definition) is 1. The summed E-state index contributed by atoms with van der Waals surface area (Å²) >= 11 is 6.13. The van der Waals surface area contributed by atoms with Gasteiger partial charge in [-0.3, -0.25) is 14.5 Å². The molecule has 0 atom stereocenters. The number of rotatable bonds is 4. The molecule has 1 aliphatic rings.